The second-order valence-corrected chi connectivity index (χ2v) is 6.64. The summed E-state index contributed by atoms with van der Waals surface area (Å²) in [5.74, 6) is -0.492. The Labute approximate surface area is 125 Å². The van der Waals surface area contributed by atoms with Gasteiger partial charge in [-0.05, 0) is 38.5 Å². The van der Waals surface area contributed by atoms with Gasteiger partial charge in [0.1, 0.15) is 0 Å². The minimum Gasteiger partial charge on any atom is -0.481 e. The predicted octanol–water partition coefficient (Wildman–Crippen LogP) is 1.54. The van der Waals surface area contributed by atoms with Crippen LogP contribution in [0.1, 0.15) is 39.0 Å². The van der Waals surface area contributed by atoms with Crippen molar-refractivity contribution in [2.24, 2.45) is 5.92 Å². The summed E-state index contributed by atoms with van der Waals surface area (Å²) < 4.78 is 5.50. The Balaban J connectivity index is 1.64. The highest BCUT2D eigenvalue weighted by Crippen LogP contribution is 2.40. The molecule has 0 aromatic heterocycles. The molecule has 2 bridgehead atoms. The first-order valence-corrected chi connectivity index (χ1v) is 7.95. The monoisotopic (exact) mass is 296 g/mol. The van der Waals surface area contributed by atoms with Crippen molar-refractivity contribution in [1.29, 1.82) is 0 Å². The van der Waals surface area contributed by atoms with Crippen molar-refractivity contribution in [2.45, 2.75) is 57.2 Å². The molecule has 3 rings (SSSR count). The van der Waals surface area contributed by atoms with Crippen molar-refractivity contribution in [3.05, 3.63) is 0 Å². The molecule has 3 heterocycles. The maximum Gasteiger partial charge on any atom is 0.320 e. The van der Waals surface area contributed by atoms with Gasteiger partial charge in [-0.1, -0.05) is 0 Å². The highest BCUT2D eigenvalue weighted by atomic mass is 16.5. The van der Waals surface area contributed by atoms with Gasteiger partial charge in [0.25, 0.3) is 0 Å². The third-order valence-electron chi connectivity index (χ3n) is 5.03. The molecule has 0 spiro atoms. The Kier molecular flexibility index (Phi) is 4.06. The van der Waals surface area contributed by atoms with Gasteiger partial charge in [-0.2, -0.15) is 0 Å². The summed E-state index contributed by atoms with van der Waals surface area (Å²) in [7, 11) is 0. The zero-order valence-electron chi connectivity index (χ0n) is 12.5. The summed E-state index contributed by atoms with van der Waals surface area (Å²) in [5, 5.41) is 8.96. The number of nitrogens with zero attached hydrogens (tertiary/aromatic N) is 2. The summed E-state index contributed by atoms with van der Waals surface area (Å²) in [5.41, 5.74) is 0. The lowest BCUT2D eigenvalue weighted by Crippen LogP contribution is -2.55. The lowest BCUT2D eigenvalue weighted by molar-refractivity contribution is -0.138. The number of hydrogen-bond acceptors (Lipinski definition) is 3. The SMILES string of the molecule is CC1CN(C(=O)N2C3CCC2CC(CC(=O)O)C3)CCO1. The van der Waals surface area contributed by atoms with Crippen LogP contribution in [0.3, 0.4) is 0 Å². The Morgan fingerprint density at radius 1 is 1.24 bits per heavy atom. The topological polar surface area (TPSA) is 70.1 Å². The van der Waals surface area contributed by atoms with Gasteiger partial charge in [-0.15, -0.1) is 0 Å². The van der Waals surface area contributed by atoms with Crippen molar-refractivity contribution < 1.29 is 19.4 Å². The maximum absolute atomic E-state index is 12.8. The summed E-state index contributed by atoms with van der Waals surface area (Å²) in [6, 6.07) is 0.601. The molecule has 0 aromatic rings. The summed E-state index contributed by atoms with van der Waals surface area (Å²) in [6.07, 6.45) is 4.07. The molecule has 21 heavy (non-hydrogen) atoms. The largest absolute Gasteiger partial charge is 0.481 e. The van der Waals surface area contributed by atoms with E-state index in [0.29, 0.717) is 19.7 Å². The van der Waals surface area contributed by atoms with Crippen molar-refractivity contribution in [3.63, 3.8) is 0 Å². The fourth-order valence-corrected chi connectivity index (χ4v) is 4.17. The van der Waals surface area contributed by atoms with Crippen LogP contribution in [-0.4, -0.2) is 64.8 Å². The fourth-order valence-electron chi connectivity index (χ4n) is 4.17. The average Bonchev–Trinajstić information content (AvgIpc) is 2.69. The molecule has 3 atom stereocenters. The third-order valence-corrected chi connectivity index (χ3v) is 5.03. The predicted molar refractivity (Wildman–Crippen MR) is 76.0 cm³/mol. The highest BCUT2D eigenvalue weighted by Gasteiger charge is 2.45. The Bertz CT molecular complexity index is 414. The van der Waals surface area contributed by atoms with Gasteiger partial charge < -0.3 is 19.6 Å². The number of ether oxygens (including phenoxy) is 1. The molecule has 3 aliphatic rings. The van der Waals surface area contributed by atoms with Crippen LogP contribution in [0.25, 0.3) is 0 Å². The minimum absolute atomic E-state index is 0.102. The zero-order valence-corrected chi connectivity index (χ0v) is 12.5. The van der Waals surface area contributed by atoms with Gasteiger partial charge in [0.05, 0.1) is 12.7 Å². The molecule has 6 heteroatoms. The van der Waals surface area contributed by atoms with E-state index in [2.05, 4.69) is 0 Å². The van der Waals surface area contributed by atoms with E-state index in [0.717, 1.165) is 25.7 Å². The second kappa shape index (κ2) is 5.83. The second-order valence-electron chi connectivity index (χ2n) is 6.64. The molecule has 3 saturated heterocycles. The van der Waals surface area contributed by atoms with Gasteiger partial charge in [0.15, 0.2) is 0 Å². The molecule has 0 radical (unpaired) electrons. The molecule has 0 aromatic carbocycles. The summed E-state index contributed by atoms with van der Waals surface area (Å²) in [6.45, 7) is 3.93. The molecule has 0 saturated carbocycles. The molecule has 118 valence electrons. The van der Waals surface area contributed by atoms with Crippen LogP contribution in [0, 0.1) is 5.92 Å². The molecule has 1 N–H and O–H groups in total. The molecule has 3 unspecified atom stereocenters. The number of carbonyl (C=O) groups is 2. The number of fused-ring (bicyclic) bond motifs is 2. The number of carbonyl (C=O) groups excluding carboxylic acids is 1. The van der Waals surface area contributed by atoms with Crippen molar-refractivity contribution in [1.82, 2.24) is 9.80 Å². The molecule has 0 aliphatic carbocycles. The first kappa shape index (κ1) is 14.6. The van der Waals surface area contributed by atoms with E-state index < -0.39 is 5.97 Å². The lowest BCUT2D eigenvalue weighted by atomic mass is 9.88. The van der Waals surface area contributed by atoms with Crippen molar-refractivity contribution >= 4 is 12.0 Å². The van der Waals surface area contributed by atoms with Gasteiger partial charge in [0.2, 0.25) is 0 Å². The number of piperidine rings is 1. The Hall–Kier alpha value is -1.30. The van der Waals surface area contributed by atoms with E-state index in [9.17, 15) is 9.59 Å². The van der Waals surface area contributed by atoms with E-state index in [4.69, 9.17) is 9.84 Å². The normalized spacial score (nSPS) is 35.9. The number of urea groups is 1. The number of amides is 2. The first-order valence-electron chi connectivity index (χ1n) is 7.95. The van der Waals surface area contributed by atoms with E-state index in [1.165, 1.54) is 0 Å². The van der Waals surface area contributed by atoms with Crippen LogP contribution in [0.4, 0.5) is 4.79 Å². The maximum atomic E-state index is 12.8. The van der Waals surface area contributed by atoms with Gasteiger partial charge >= 0.3 is 12.0 Å². The molecule has 3 fully saturated rings. The lowest BCUT2D eigenvalue weighted by Gasteiger charge is -2.42. The van der Waals surface area contributed by atoms with Crippen LogP contribution in [0.5, 0.6) is 0 Å². The van der Waals surface area contributed by atoms with E-state index in [1.807, 2.05) is 16.7 Å². The number of rotatable bonds is 2. The molecule has 3 aliphatic heterocycles. The van der Waals surface area contributed by atoms with Crippen molar-refractivity contribution in [3.8, 4) is 0 Å². The van der Waals surface area contributed by atoms with Gasteiger partial charge in [-0.25, -0.2) is 4.79 Å². The van der Waals surface area contributed by atoms with Crippen LogP contribution >= 0.6 is 0 Å². The fraction of sp³-hybridized carbons (Fsp3) is 0.867. The van der Waals surface area contributed by atoms with E-state index in [-0.39, 0.29) is 36.6 Å². The number of aliphatic carboxylic acids is 1. The van der Waals surface area contributed by atoms with Crippen LogP contribution < -0.4 is 0 Å². The van der Waals surface area contributed by atoms with Gasteiger partial charge in [0, 0.05) is 31.6 Å². The van der Waals surface area contributed by atoms with Crippen LogP contribution in [-0.2, 0) is 9.53 Å². The van der Waals surface area contributed by atoms with Crippen molar-refractivity contribution in [2.75, 3.05) is 19.7 Å². The Morgan fingerprint density at radius 3 is 2.48 bits per heavy atom. The smallest absolute Gasteiger partial charge is 0.320 e. The minimum atomic E-state index is -0.721. The number of carboxylic acids is 1. The first-order chi connectivity index (χ1) is 10.0. The highest BCUT2D eigenvalue weighted by molar-refractivity contribution is 5.76. The number of hydrogen-bond donors (Lipinski definition) is 1. The molecular formula is C15H24N2O4. The van der Waals surface area contributed by atoms with Crippen LogP contribution in [0.15, 0.2) is 0 Å². The molecule has 6 nitrogen and oxygen atoms in total. The number of morpholine rings is 1. The zero-order chi connectivity index (χ0) is 15.0. The van der Waals surface area contributed by atoms with E-state index >= 15 is 0 Å². The summed E-state index contributed by atoms with van der Waals surface area (Å²) in [4.78, 5) is 27.6. The molecule has 2 amide bonds. The summed E-state index contributed by atoms with van der Waals surface area (Å²) >= 11 is 0. The average molecular weight is 296 g/mol. The van der Waals surface area contributed by atoms with Crippen LogP contribution in [0.2, 0.25) is 0 Å². The van der Waals surface area contributed by atoms with Gasteiger partial charge in [-0.3, -0.25) is 4.79 Å². The molecular weight excluding hydrogens is 272 g/mol. The number of carboxylic acid groups (broad SMARTS) is 1. The standard InChI is InChI=1S/C15H24N2O4/c1-10-9-16(4-5-21-10)15(20)17-12-2-3-13(17)7-11(6-12)8-14(18)19/h10-13H,2-9H2,1H3,(H,18,19). The quantitative estimate of drug-likeness (QED) is 0.839. The Morgan fingerprint density at radius 2 is 1.90 bits per heavy atom. The third kappa shape index (κ3) is 3.00. The van der Waals surface area contributed by atoms with E-state index in [1.54, 1.807) is 0 Å².